The van der Waals surface area contributed by atoms with Gasteiger partial charge in [0.25, 0.3) is 5.56 Å². The van der Waals surface area contributed by atoms with E-state index in [4.69, 9.17) is 4.74 Å². The molecule has 3 heterocycles. The lowest BCUT2D eigenvalue weighted by atomic mass is 9.85. The Morgan fingerprint density at radius 3 is 2.93 bits per heavy atom. The summed E-state index contributed by atoms with van der Waals surface area (Å²) in [4.78, 5) is 17.3. The molecule has 1 unspecified atom stereocenters. The summed E-state index contributed by atoms with van der Waals surface area (Å²) in [5.74, 6) is 0.800. The minimum atomic E-state index is -0.552. The fourth-order valence-electron chi connectivity index (χ4n) is 3.81. The summed E-state index contributed by atoms with van der Waals surface area (Å²) in [6.07, 6.45) is 2.96. The Balaban J connectivity index is 1.58. The van der Waals surface area contributed by atoms with Gasteiger partial charge in [0.2, 0.25) is 0 Å². The standard InChI is InChI=1S/C21H23N3O3/c1-15-16(20(26)24-12-5-4-8-19(24)23-15)9-11-22-21(14-25)10-13-27-18-7-3-2-6-17(18)21/h2-8,12,22,25H,9-11,13-14H2,1H3. The van der Waals surface area contributed by atoms with Crippen LogP contribution < -0.4 is 15.6 Å². The summed E-state index contributed by atoms with van der Waals surface area (Å²) in [5.41, 5.74) is 2.47. The van der Waals surface area contributed by atoms with E-state index in [0.717, 1.165) is 17.0 Å². The van der Waals surface area contributed by atoms with Crippen molar-refractivity contribution in [2.75, 3.05) is 19.8 Å². The van der Waals surface area contributed by atoms with Crippen LogP contribution >= 0.6 is 0 Å². The second kappa shape index (κ2) is 7.13. The molecule has 6 nitrogen and oxygen atoms in total. The van der Waals surface area contributed by atoms with E-state index in [9.17, 15) is 9.90 Å². The smallest absolute Gasteiger partial charge is 0.261 e. The van der Waals surface area contributed by atoms with E-state index in [0.29, 0.717) is 37.2 Å². The molecule has 1 aromatic carbocycles. The SMILES string of the molecule is Cc1nc2ccccn2c(=O)c1CCNC1(CO)CCOc2ccccc21. The van der Waals surface area contributed by atoms with Crippen molar-refractivity contribution in [1.82, 2.24) is 14.7 Å². The van der Waals surface area contributed by atoms with Crippen LogP contribution in [0.25, 0.3) is 5.65 Å². The molecule has 0 amide bonds. The number of aromatic nitrogens is 2. The molecule has 3 aromatic rings. The van der Waals surface area contributed by atoms with Crippen LogP contribution in [0.4, 0.5) is 0 Å². The largest absolute Gasteiger partial charge is 0.493 e. The number of hydrogen-bond donors (Lipinski definition) is 2. The quantitative estimate of drug-likeness (QED) is 0.721. The summed E-state index contributed by atoms with van der Waals surface area (Å²) >= 11 is 0. The molecule has 0 radical (unpaired) electrons. The number of nitrogens with zero attached hydrogens (tertiary/aromatic N) is 2. The topological polar surface area (TPSA) is 75.9 Å². The van der Waals surface area contributed by atoms with E-state index >= 15 is 0 Å². The van der Waals surface area contributed by atoms with Crippen molar-refractivity contribution < 1.29 is 9.84 Å². The normalized spacial score (nSPS) is 18.9. The molecule has 6 heteroatoms. The number of fused-ring (bicyclic) bond motifs is 2. The molecular formula is C21H23N3O3. The van der Waals surface area contributed by atoms with Crippen LogP contribution in [0.1, 0.15) is 23.2 Å². The first-order chi connectivity index (χ1) is 13.1. The van der Waals surface area contributed by atoms with E-state index in [-0.39, 0.29) is 12.2 Å². The number of rotatable bonds is 5. The van der Waals surface area contributed by atoms with Gasteiger partial charge in [-0.3, -0.25) is 9.20 Å². The highest BCUT2D eigenvalue weighted by Gasteiger charge is 2.36. The third-order valence-corrected chi connectivity index (χ3v) is 5.33. The van der Waals surface area contributed by atoms with Crippen molar-refractivity contribution in [2.45, 2.75) is 25.3 Å². The fourth-order valence-corrected chi connectivity index (χ4v) is 3.81. The predicted molar refractivity (Wildman–Crippen MR) is 103 cm³/mol. The molecule has 0 saturated heterocycles. The lowest BCUT2D eigenvalue weighted by Crippen LogP contribution is -2.49. The molecule has 4 rings (SSSR count). The van der Waals surface area contributed by atoms with Crippen LogP contribution in [-0.4, -0.2) is 34.2 Å². The van der Waals surface area contributed by atoms with E-state index in [1.807, 2.05) is 49.4 Å². The summed E-state index contributed by atoms with van der Waals surface area (Å²) in [6.45, 7) is 2.95. The van der Waals surface area contributed by atoms with Crippen molar-refractivity contribution >= 4 is 5.65 Å². The average Bonchev–Trinajstić information content (AvgIpc) is 2.70. The number of hydrogen-bond acceptors (Lipinski definition) is 5. The summed E-state index contributed by atoms with van der Waals surface area (Å²) in [5, 5.41) is 13.6. The monoisotopic (exact) mass is 365 g/mol. The molecule has 0 spiro atoms. The van der Waals surface area contributed by atoms with Gasteiger partial charge in [0.15, 0.2) is 0 Å². The van der Waals surface area contributed by atoms with Gasteiger partial charge < -0.3 is 15.2 Å². The molecule has 1 atom stereocenters. The van der Waals surface area contributed by atoms with Gasteiger partial charge in [0.1, 0.15) is 11.4 Å². The maximum Gasteiger partial charge on any atom is 0.261 e. The number of pyridine rings is 1. The van der Waals surface area contributed by atoms with Crippen molar-refractivity contribution in [1.29, 1.82) is 0 Å². The van der Waals surface area contributed by atoms with Crippen LogP contribution in [-0.2, 0) is 12.0 Å². The zero-order valence-corrected chi connectivity index (χ0v) is 15.3. The van der Waals surface area contributed by atoms with Gasteiger partial charge in [-0.05, 0) is 31.5 Å². The Kier molecular flexibility index (Phi) is 4.68. The van der Waals surface area contributed by atoms with Gasteiger partial charge in [-0.25, -0.2) is 4.98 Å². The number of nitrogens with one attached hydrogen (secondary N) is 1. The average molecular weight is 365 g/mol. The van der Waals surface area contributed by atoms with E-state index < -0.39 is 5.54 Å². The molecule has 2 N–H and O–H groups in total. The van der Waals surface area contributed by atoms with Gasteiger partial charge in [-0.15, -0.1) is 0 Å². The lowest BCUT2D eigenvalue weighted by molar-refractivity contribution is 0.108. The molecule has 0 bridgehead atoms. The highest BCUT2D eigenvalue weighted by atomic mass is 16.5. The Morgan fingerprint density at radius 2 is 2.07 bits per heavy atom. The number of aliphatic hydroxyl groups excluding tert-OH is 1. The Hall–Kier alpha value is -2.70. The Bertz CT molecular complexity index is 1030. The third kappa shape index (κ3) is 3.11. The van der Waals surface area contributed by atoms with Crippen molar-refractivity contribution in [3.8, 4) is 5.75 Å². The van der Waals surface area contributed by atoms with Crippen LogP contribution in [0.15, 0.2) is 53.5 Å². The molecule has 0 saturated carbocycles. The zero-order valence-electron chi connectivity index (χ0n) is 15.3. The van der Waals surface area contributed by atoms with Gasteiger partial charge >= 0.3 is 0 Å². The number of aliphatic hydroxyl groups is 1. The molecule has 27 heavy (non-hydrogen) atoms. The molecule has 0 aliphatic carbocycles. The maximum atomic E-state index is 12.8. The molecule has 1 aliphatic rings. The van der Waals surface area contributed by atoms with Gasteiger partial charge in [-0.1, -0.05) is 24.3 Å². The van der Waals surface area contributed by atoms with E-state index in [1.165, 1.54) is 0 Å². The van der Waals surface area contributed by atoms with Crippen LogP contribution in [0.2, 0.25) is 0 Å². The first-order valence-electron chi connectivity index (χ1n) is 9.20. The number of para-hydroxylation sites is 1. The lowest BCUT2D eigenvalue weighted by Gasteiger charge is -2.38. The highest BCUT2D eigenvalue weighted by Crippen LogP contribution is 2.36. The molecular weight excluding hydrogens is 342 g/mol. The second-order valence-corrected chi connectivity index (χ2v) is 6.92. The first kappa shape index (κ1) is 17.7. The molecule has 1 aliphatic heterocycles. The molecule has 2 aromatic heterocycles. The highest BCUT2D eigenvalue weighted by molar-refractivity contribution is 5.42. The Morgan fingerprint density at radius 1 is 1.26 bits per heavy atom. The summed E-state index contributed by atoms with van der Waals surface area (Å²) in [6, 6.07) is 13.3. The number of ether oxygens (including phenoxy) is 1. The van der Waals surface area contributed by atoms with Gasteiger partial charge in [0, 0.05) is 36.0 Å². The minimum Gasteiger partial charge on any atom is -0.493 e. The van der Waals surface area contributed by atoms with E-state index in [2.05, 4.69) is 10.3 Å². The van der Waals surface area contributed by atoms with Crippen LogP contribution in [0.3, 0.4) is 0 Å². The van der Waals surface area contributed by atoms with Crippen LogP contribution in [0, 0.1) is 6.92 Å². The van der Waals surface area contributed by atoms with Crippen molar-refractivity contribution in [2.24, 2.45) is 0 Å². The maximum absolute atomic E-state index is 12.8. The van der Waals surface area contributed by atoms with Gasteiger partial charge in [-0.2, -0.15) is 0 Å². The number of benzene rings is 1. The van der Waals surface area contributed by atoms with Gasteiger partial charge in [0.05, 0.1) is 18.8 Å². The van der Waals surface area contributed by atoms with E-state index in [1.54, 1.807) is 10.6 Å². The summed E-state index contributed by atoms with van der Waals surface area (Å²) in [7, 11) is 0. The van der Waals surface area contributed by atoms with Crippen molar-refractivity contribution in [3.63, 3.8) is 0 Å². The Labute approximate surface area is 157 Å². The predicted octanol–water partition coefficient (Wildman–Crippen LogP) is 1.81. The van der Waals surface area contributed by atoms with Crippen molar-refractivity contribution in [3.05, 3.63) is 75.8 Å². The summed E-state index contributed by atoms with van der Waals surface area (Å²) < 4.78 is 7.29. The second-order valence-electron chi connectivity index (χ2n) is 6.92. The minimum absolute atomic E-state index is 0.0265. The zero-order chi connectivity index (χ0) is 18.9. The number of aryl methyl sites for hydroxylation is 1. The third-order valence-electron chi connectivity index (χ3n) is 5.33. The molecule has 140 valence electrons. The van der Waals surface area contributed by atoms with Crippen LogP contribution in [0.5, 0.6) is 5.75 Å². The fraction of sp³-hybridized carbons (Fsp3) is 0.333. The molecule has 0 fully saturated rings. The first-order valence-corrected chi connectivity index (χ1v) is 9.20.